The van der Waals surface area contributed by atoms with Crippen molar-refractivity contribution in [1.82, 2.24) is 4.90 Å². The molecule has 1 N–H and O–H groups in total. The van der Waals surface area contributed by atoms with Crippen LogP contribution in [0.15, 0.2) is 0 Å². The third kappa shape index (κ3) is 5.08. The number of amides is 1. The van der Waals surface area contributed by atoms with Crippen LogP contribution in [0.25, 0.3) is 0 Å². The molecule has 1 aliphatic heterocycles. The molecule has 0 aromatic rings. The van der Waals surface area contributed by atoms with Crippen molar-refractivity contribution in [1.29, 1.82) is 0 Å². The molecule has 5 nitrogen and oxygen atoms in total. The summed E-state index contributed by atoms with van der Waals surface area (Å²) < 4.78 is 5.27. The number of carboxylic acid groups (broad SMARTS) is 1. The Morgan fingerprint density at radius 1 is 1.37 bits per heavy atom. The first-order valence-electron chi connectivity index (χ1n) is 6.41. The van der Waals surface area contributed by atoms with E-state index in [2.05, 4.69) is 0 Å². The van der Waals surface area contributed by atoms with Crippen LogP contribution in [-0.2, 0) is 9.53 Å². The number of hydrogen-bond acceptors (Lipinski definition) is 3. The maximum absolute atomic E-state index is 11.9. The van der Waals surface area contributed by atoms with Crippen LogP contribution in [0.1, 0.15) is 47.0 Å². The number of aliphatic carboxylic acids is 1. The quantitative estimate of drug-likeness (QED) is 0.796. The molecule has 1 unspecified atom stereocenters. The van der Waals surface area contributed by atoms with Crippen LogP contribution in [0.5, 0.6) is 0 Å². The first kappa shape index (κ1) is 18.9. The van der Waals surface area contributed by atoms with Gasteiger partial charge in [-0.05, 0) is 33.6 Å². The smallest absolute Gasteiger partial charge is 0.410 e. The van der Waals surface area contributed by atoms with Gasteiger partial charge in [0.2, 0.25) is 0 Å². The monoisotopic (exact) mass is 396 g/mol. The number of hydrogen-bond donors (Lipinski definition) is 1. The third-order valence-corrected chi connectivity index (χ3v) is 3.19. The number of carbonyl (C=O) groups excluding carboxylic acids is 1. The van der Waals surface area contributed by atoms with Gasteiger partial charge in [0.25, 0.3) is 0 Å². The molecular weight excluding hydrogens is 373 g/mol. The van der Waals surface area contributed by atoms with Crippen molar-refractivity contribution in [2.75, 3.05) is 13.1 Å². The van der Waals surface area contributed by atoms with Crippen LogP contribution in [0, 0.1) is 41.0 Å². The van der Waals surface area contributed by atoms with Crippen LogP contribution in [0.4, 0.5) is 4.79 Å². The van der Waals surface area contributed by atoms with Crippen molar-refractivity contribution in [3.05, 3.63) is 0 Å². The second kappa shape index (κ2) is 7.09. The summed E-state index contributed by atoms with van der Waals surface area (Å²) in [5.74, 6) is -0.810. The molecule has 0 spiro atoms. The molecule has 1 aliphatic rings. The van der Waals surface area contributed by atoms with Gasteiger partial charge in [0.05, 0.1) is 5.41 Å². The molecule has 6 heteroatoms. The van der Waals surface area contributed by atoms with Gasteiger partial charge < -0.3 is 14.7 Å². The zero-order chi connectivity index (χ0) is 14.0. The maximum Gasteiger partial charge on any atom is 0.410 e. The SMILES string of the molecule is CCCC1(C(=O)O)CCN(C(=O)OC(C)(C)C)C1.[La]. The summed E-state index contributed by atoms with van der Waals surface area (Å²) in [6, 6.07) is 0. The Labute approximate surface area is 142 Å². The average Bonchev–Trinajstić information content (AvgIpc) is 2.61. The van der Waals surface area contributed by atoms with Gasteiger partial charge in [0.15, 0.2) is 0 Å². The first-order valence-corrected chi connectivity index (χ1v) is 6.41. The van der Waals surface area contributed by atoms with Gasteiger partial charge in [-0.1, -0.05) is 13.3 Å². The van der Waals surface area contributed by atoms with Crippen LogP contribution in [0.2, 0.25) is 0 Å². The van der Waals surface area contributed by atoms with Gasteiger partial charge in [-0.15, -0.1) is 0 Å². The predicted molar refractivity (Wildman–Crippen MR) is 67.4 cm³/mol. The fraction of sp³-hybridized carbons (Fsp3) is 0.846. The van der Waals surface area contributed by atoms with E-state index in [1.165, 1.54) is 4.90 Å². The summed E-state index contributed by atoms with van der Waals surface area (Å²) in [5.41, 5.74) is -1.33. The Hall–Kier alpha value is -0.0652. The molecule has 1 atom stereocenters. The van der Waals surface area contributed by atoms with Crippen LogP contribution >= 0.6 is 0 Å². The number of ether oxygens (including phenoxy) is 1. The standard InChI is InChI=1S/C13H23NO4.La/c1-5-6-13(10(15)16)7-8-14(9-13)11(17)18-12(2,3)4;/h5-9H2,1-4H3,(H,15,16);. The minimum Gasteiger partial charge on any atom is -0.481 e. The normalized spacial score (nSPS) is 22.8. The van der Waals surface area contributed by atoms with E-state index < -0.39 is 23.1 Å². The number of carboxylic acids is 1. The Bertz CT molecular complexity index is 340. The average molecular weight is 396 g/mol. The minimum atomic E-state index is -0.810. The van der Waals surface area contributed by atoms with E-state index in [1.54, 1.807) is 20.8 Å². The first-order chi connectivity index (χ1) is 8.20. The fourth-order valence-electron chi connectivity index (χ4n) is 2.32. The largest absolute Gasteiger partial charge is 0.481 e. The number of rotatable bonds is 3. The van der Waals surface area contributed by atoms with Gasteiger partial charge in [0, 0.05) is 48.7 Å². The molecule has 1 amide bonds. The van der Waals surface area contributed by atoms with Crippen molar-refractivity contribution < 1.29 is 55.0 Å². The van der Waals surface area contributed by atoms with E-state index in [0.717, 1.165) is 6.42 Å². The Kier molecular flexibility index (Phi) is 7.07. The van der Waals surface area contributed by atoms with Gasteiger partial charge in [0.1, 0.15) is 5.60 Å². The molecule has 1 saturated heterocycles. The van der Waals surface area contributed by atoms with Gasteiger partial charge >= 0.3 is 12.1 Å². The van der Waals surface area contributed by atoms with E-state index in [9.17, 15) is 14.7 Å². The summed E-state index contributed by atoms with van der Waals surface area (Å²) in [4.78, 5) is 24.8. The van der Waals surface area contributed by atoms with Crippen molar-refractivity contribution in [2.24, 2.45) is 5.41 Å². The van der Waals surface area contributed by atoms with Crippen LogP contribution in [-0.4, -0.2) is 40.8 Å². The molecule has 1 radical (unpaired) electrons. The molecular formula is C13H23LaNO4. The van der Waals surface area contributed by atoms with E-state index in [-0.39, 0.29) is 42.1 Å². The van der Waals surface area contributed by atoms with Crippen molar-refractivity contribution >= 4 is 12.1 Å². The molecule has 0 bridgehead atoms. The molecule has 107 valence electrons. The number of carbonyl (C=O) groups is 2. The number of likely N-dealkylation sites (tertiary alicyclic amines) is 1. The van der Waals surface area contributed by atoms with E-state index in [0.29, 0.717) is 19.4 Å². The Balaban J connectivity index is 0.00000324. The van der Waals surface area contributed by atoms with Gasteiger partial charge in [-0.3, -0.25) is 4.79 Å². The summed E-state index contributed by atoms with van der Waals surface area (Å²) >= 11 is 0. The Morgan fingerprint density at radius 3 is 2.37 bits per heavy atom. The van der Waals surface area contributed by atoms with Crippen molar-refractivity contribution in [2.45, 2.75) is 52.6 Å². The summed E-state index contributed by atoms with van der Waals surface area (Å²) in [7, 11) is 0. The topological polar surface area (TPSA) is 66.8 Å². The van der Waals surface area contributed by atoms with Crippen molar-refractivity contribution in [3.63, 3.8) is 0 Å². The predicted octanol–water partition coefficient (Wildman–Crippen LogP) is 2.50. The van der Waals surface area contributed by atoms with E-state index >= 15 is 0 Å². The Morgan fingerprint density at radius 2 is 1.95 bits per heavy atom. The molecule has 1 fully saturated rings. The van der Waals surface area contributed by atoms with Gasteiger partial charge in [-0.2, -0.15) is 0 Å². The van der Waals surface area contributed by atoms with Crippen molar-refractivity contribution in [3.8, 4) is 0 Å². The summed E-state index contributed by atoms with van der Waals surface area (Å²) in [6.07, 6.45) is 1.49. The van der Waals surface area contributed by atoms with E-state index in [1.807, 2.05) is 6.92 Å². The zero-order valence-electron chi connectivity index (χ0n) is 12.2. The second-order valence-electron chi connectivity index (χ2n) is 5.99. The second-order valence-corrected chi connectivity index (χ2v) is 5.99. The molecule has 0 saturated carbocycles. The molecule has 0 aliphatic carbocycles. The fourth-order valence-corrected chi connectivity index (χ4v) is 2.32. The maximum atomic E-state index is 11.9. The van der Waals surface area contributed by atoms with E-state index in [4.69, 9.17) is 4.74 Å². The zero-order valence-corrected chi connectivity index (χ0v) is 15.9. The summed E-state index contributed by atoms with van der Waals surface area (Å²) in [6.45, 7) is 8.08. The number of nitrogens with zero attached hydrogens (tertiary/aromatic N) is 1. The molecule has 0 aromatic carbocycles. The minimum absolute atomic E-state index is 0. The molecule has 0 aromatic heterocycles. The summed E-state index contributed by atoms with van der Waals surface area (Å²) in [5, 5.41) is 9.35. The molecule has 1 rings (SSSR count). The van der Waals surface area contributed by atoms with Gasteiger partial charge in [-0.25, -0.2) is 4.79 Å². The van der Waals surface area contributed by atoms with Crippen LogP contribution in [0.3, 0.4) is 0 Å². The van der Waals surface area contributed by atoms with Crippen LogP contribution < -0.4 is 0 Å². The third-order valence-electron chi connectivity index (χ3n) is 3.19. The molecule has 19 heavy (non-hydrogen) atoms. The molecule has 1 heterocycles.